The fourth-order valence-corrected chi connectivity index (χ4v) is 1.76. The van der Waals surface area contributed by atoms with Crippen LogP contribution in [0.3, 0.4) is 0 Å². The number of benzene rings is 1. The van der Waals surface area contributed by atoms with E-state index in [1.807, 2.05) is 0 Å². The van der Waals surface area contributed by atoms with Crippen molar-refractivity contribution >= 4 is 15.9 Å². The summed E-state index contributed by atoms with van der Waals surface area (Å²) in [6, 6.07) is 7.68. The molecule has 0 unspecified atom stereocenters. The highest BCUT2D eigenvalue weighted by Gasteiger charge is 2.06. The van der Waals surface area contributed by atoms with Crippen molar-refractivity contribution in [1.29, 1.82) is 0 Å². The van der Waals surface area contributed by atoms with E-state index in [2.05, 4.69) is 20.9 Å². The highest BCUT2D eigenvalue weighted by molar-refractivity contribution is 9.10. The SMILES string of the molecule is C[C@@H](O)c1ccnc(Oc2ccc(F)c(Br)c2)c1. The molecule has 94 valence electrons. The Morgan fingerprint density at radius 1 is 1.33 bits per heavy atom. The Morgan fingerprint density at radius 2 is 2.11 bits per heavy atom. The van der Waals surface area contributed by atoms with Gasteiger partial charge < -0.3 is 9.84 Å². The average molecular weight is 312 g/mol. The molecule has 0 spiro atoms. The smallest absolute Gasteiger partial charge is 0.219 e. The van der Waals surface area contributed by atoms with Crippen LogP contribution in [-0.2, 0) is 0 Å². The van der Waals surface area contributed by atoms with Crippen molar-refractivity contribution in [3.8, 4) is 11.6 Å². The summed E-state index contributed by atoms with van der Waals surface area (Å²) in [5.74, 6) is 0.471. The van der Waals surface area contributed by atoms with E-state index in [-0.39, 0.29) is 5.82 Å². The van der Waals surface area contributed by atoms with Gasteiger partial charge in [-0.05, 0) is 52.7 Å². The van der Waals surface area contributed by atoms with Crippen LogP contribution in [0.15, 0.2) is 41.0 Å². The van der Waals surface area contributed by atoms with Crippen LogP contribution < -0.4 is 4.74 Å². The number of nitrogens with zero attached hydrogens (tertiary/aromatic N) is 1. The lowest BCUT2D eigenvalue weighted by Crippen LogP contribution is -1.94. The van der Waals surface area contributed by atoms with Crippen LogP contribution in [0.25, 0.3) is 0 Å². The second kappa shape index (κ2) is 5.46. The molecule has 1 N–H and O–H groups in total. The molecule has 3 nitrogen and oxygen atoms in total. The molecule has 0 amide bonds. The van der Waals surface area contributed by atoms with Crippen molar-refractivity contribution in [3.63, 3.8) is 0 Å². The number of hydrogen-bond acceptors (Lipinski definition) is 3. The number of aliphatic hydroxyl groups is 1. The van der Waals surface area contributed by atoms with Gasteiger partial charge in [-0.3, -0.25) is 0 Å². The van der Waals surface area contributed by atoms with Crippen molar-refractivity contribution in [3.05, 3.63) is 52.4 Å². The predicted molar refractivity (Wildman–Crippen MR) is 69.0 cm³/mol. The largest absolute Gasteiger partial charge is 0.439 e. The van der Waals surface area contributed by atoms with Crippen molar-refractivity contribution in [2.24, 2.45) is 0 Å². The van der Waals surface area contributed by atoms with Crippen LogP contribution in [0.4, 0.5) is 4.39 Å². The molecule has 1 heterocycles. The summed E-state index contributed by atoms with van der Waals surface area (Å²) in [7, 11) is 0. The summed E-state index contributed by atoms with van der Waals surface area (Å²) >= 11 is 3.08. The molecule has 0 aliphatic rings. The first-order valence-electron chi connectivity index (χ1n) is 5.33. The zero-order chi connectivity index (χ0) is 13.1. The summed E-state index contributed by atoms with van der Waals surface area (Å²) in [6.07, 6.45) is 0.964. The first-order chi connectivity index (χ1) is 8.56. The first kappa shape index (κ1) is 13.0. The third-order valence-electron chi connectivity index (χ3n) is 2.35. The molecule has 0 aliphatic heterocycles. The molecular weight excluding hydrogens is 301 g/mol. The molecule has 1 aromatic carbocycles. The van der Waals surface area contributed by atoms with E-state index < -0.39 is 6.10 Å². The molecule has 18 heavy (non-hydrogen) atoms. The van der Waals surface area contributed by atoms with Crippen LogP contribution in [0.2, 0.25) is 0 Å². The minimum absolute atomic E-state index is 0.326. The third kappa shape index (κ3) is 3.05. The standard InChI is InChI=1S/C13H11BrFNO2/c1-8(17)9-4-5-16-13(6-9)18-10-2-3-12(15)11(14)7-10/h2-8,17H,1H3/t8-/m1/s1. The van der Waals surface area contributed by atoms with Gasteiger partial charge in [-0.15, -0.1) is 0 Å². The lowest BCUT2D eigenvalue weighted by Gasteiger charge is -2.08. The van der Waals surface area contributed by atoms with Crippen molar-refractivity contribution < 1.29 is 14.2 Å². The lowest BCUT2D eigenvalue weighted by atomic mass is 10.2. The minimum Gasteiger partial charge on any atom is -0.439 e. The summed E-state index contributed by atoms with van der Waals surface area (Å²) in [5.41, 5.74) is 0.709. The van der Waals surface area contributed by atoms with Gasteiger partial charge in [0.15, 0.2) is 0 Å². The Bertz CT molecular complexity index is 560. The van der Waals surface area contributed by atoms with E-state index in [1.165, 1.54) is 18.2 Å². The molecule has 0 saturated heterocycles. The fourth-order valence-electron chi connectivity index (χ4n) is 1.40. The Hall–Kier alpha value is -1.46. The molecule has 0 fully saturated rings. The van der Waals surface area contributed by atoms with Crippen LogP contribution in [-0.4, -0.2) is 10.1 Å². The molecule has 0 bridgehead atoms. The van der Waals surface area contributed by atoms with Gasteiger partial charge in [-0.2, -0.15) is 0 Å². The van der Waals surface area contributed by atoms with Gasteiger partial charge in [0, 0.05) is 12.3 Å². The van der Waals surface area contributed by atoms with E-state index in [9.17, 15) is 9.50 Å². The average Bonchev–Trinajstić information content (AvgIpc) is 2.34. The number of pyridine rings is 1. The summed E-state index contributed by atoms with van der Waals surface area (Å²) in [5, 5.41) is 9.45. The van der Waals surface area contributed by atoms with Gasteiger partial charge >= 0.3 is 0 Å². The van der Waals surface area contributed by atoms with E-state index in [0.717, 1.165) is 0 Å². The van der Waals surface area contributed by atoms with E-state index in [1.54, 1.807) is 25.3 Å². The molecule has 5 heteroatoms. The molecule has 2 aromatic rings. The number of aromatic nitrogens is 1. The normalized spacial score (nSPS) is 12.2. The number of hydrogen-bond donors (Lipinski definition) is 1. The predicted octanol–water partition coefficient (Wildman–Crippen LogP) is 3.83. The molecule has 2 rings (SSSR count). The maximum absolute atomic E-state index is 13.1. The molecule has 0 saturated carbocycles. The van der Waals surface area contributed by atoms with Crippen molar-refractivity contribution in [1.82, 2.24) is 4.98 Å². The molecule has 1 aromatic heterocycles. The van der Waals surface area contributed by atoms with Crippen LogP contribution in [0.1, 0.15) is 18.6 Å². The van der Waals surface area contributed by atoms with Gasteiger partial charge in [0.1, 0.15) is 11.6 Å². The van der Waals surface area contributed by atoms with Gasteiger partial charge in [-0.1, -0.05) is 0 Å². The number of rotatable bonds is 3. The second-order valence-electron chi connectivity index (χ2n) is 3.78. The minimum atomic E-state index is -0.588. The van der Waals surface area contributed by atoms with Gasteiger partial charge in [0.2, 0.25) is 5.88 Å². The zero-order valence-electron chi connectivity index (χ0n) is 9.60. The molecule has 1 atom stereocenters. The molecular formula is C13H11BrFNO2. The summed E-state index contributed by atoms with van der Waals surface area (Å²) < 4.78 is 18.9. The third-order valence-corrected chi connectivity index (χ3v) is 2.96. The van der Waals surface area contributed by atoms with Gasteiger partial charge in [0.05, 0.1) is 10.6 Å². The van der Waals surface area contributed by atoms with Crippen LogP contribution in [0, 0.1) is 5.82 Å². The van der Waals surface area contributed by atoms with E-state index in [4.69, 9.17) is 4.74 Å². The monoisotopic (exact) mass is 311 g/mol. The first-order valence-corrected chi connectivity index (χ1v) is 6.12. The molecule has 0 aliphatic carbocycles. The molecule has 0 radical (unpaired) electrons. The second-order valence-corrected chi connectivity index (χ2v) is 4.64. The maximum Gasteiger partial charge on any atom is 0.219 e. The number of halogens is 2. The zero-order valence-corrected chi connectivity index (χ0v) is 11.2. The summed E-state index contributed by atoms with van der Waals surface area (Å²) in [6.45, 7) is 1.66. The number of aliphatic hydroxyl groups excluding tert-OH is 1. The van der Waals surface area contributed by atoms with Gasteiger partial charge in [-0.25, -0.2) is 9.37 Å². The quantitative estimate of drug-likeness (QED) is 0.936. The Kier molecular flexibility index (Phi) is 3.93. The van der Waals surface area contributed by atoms with Gasteiger partial charge in [0.25, 0.3) is 0 Å². The summed E-state index contributed by atoms with van der Waals surface area (Å²) in [4.78, 5) is 4.03. The topological polar surface area (TPSA) is 42.4 Å². The van der Waals surface area contributed by atoms with E-state index in [0.29, 0.717) is 21.7 Å². The van der Waals surface area contributed by atoms with E-state index >= 15 is 0 Å². The van der Waals surface area contributed by atoms with Crippen LogP contribution in [0.5, 0.6) is 11.6 Å². The Morgan fingerprint density at radius 3 is 2.78 bits per heavy atom. The van der Waals surface area contributed by atoms with Crippen molar-refractivity contribution in [2.75, 3.05) is 0 Å². The van der Waals surface area contributed by atoms with Crippen LogP contribution >= 0.6 is 15.9 Å². The lowest BCUT2D eigenvalue weighted by molar-refractivity contribution is 0.198. The Labute approximate surface area is 112 Å². The fraction of sp³-hybridized carbons (Fsp3) is 0.154. The maximum atomic E-state index is 13.1. The highest BCUT2D eigenvalue weighted by atomic mass is 79.9. The van der Waals surface area contributed by atoms with Crippen molar-refractivity contribution in [2.45, 2.75) is 13.0 Å². The number of ether oxygens (including phenoxy) is 1. The highest BCUT2D eigenvalue weighted by Crippen LogP contribution is 2.26. The Balaban J connectivity index is 2.23.